The van der Waals surface area contributed by atoms with Gasteiger partial charge < -0.3 is 9.80 Å². The molecular weight excluding hydrogens is 324 g/mol. The van der Waals surface area contributed by atoms with E-state index in [1.807, 2.05) is 34.1 Å². The van der Waals surface area contributed by atoms with Gasteiger partial charge in [0.2, 0.25) is 0 Å². The number of hydrogen-bond donors (Lipinski definition) is 0. The highest BCUT2D eigenvalue weighted by atomic mass is 16.2. The fourth-order valence-corrected chi connectivity index (χ4v) is 4.65. The lowest BCUT2D eigenvalue weighted by atomic mass is 10.1. The Balaban J connectivity index is 1.70. The average Bonchev–Trinajstić information content (AvgIpc) is 3.37. The van der Waals surface area contributed by atoms with E-state index in [2.05, 4.69) is 13.8 Å². The molecule has 2 amide bonds. The van der Waals surface area contributed by atoms with Crippen LogP contribution in [0.1, 0.15) is 85.9 Å². The first-order chi connectivity index (χ1) is 12.7. The van der Waals surface area contributed by atoms with Gasteiger partial charge in [-0.15, -0.1) is 0 Å². The van der Waals surface area contributed by atoms with Crippen LogP contribution in [0, 0.1) is 0 Å². The van der Waals surface area contributed by atoms with E-state index in [-0.39, 0.29) is 11.8 Å². The second kappa shape index (κ2) is 8.70. The molecule has 0 spiro atoms. The molecule has 4 nitrogen and oxygen atoms in total. The van der Waals surface area contributed by atoms with Gasteiger partial charge in [0.25, 0.3) is 11.8 Å². The van der Waals surface area contributed by atoms with E-state index >= 15 is 0 Å². The zero-order valence-corrected chi connectivity index (χ0v) is 16.2. The van der Waals surface area contributed by atoms with Crippen LogP contribution >= 0.6 is 0 Å². The quantitative estimate of drug-likeness (QED) is 0.753. The van der Waals surface area contributed by atoms with E-state index in [1.54, 1.807) is 0 Å². The summed E-state index contributed by atoms with van der Waals surface area (Å²) < 4.78 is 0. The molecule has 0 N–H and O–H groups in total. The second-order valence-electron chi connectivity index (χ2n) is 7.64. The van der Waals surface area contributed by atoms with Crippen molar-refractivity contribution in [2.24, 2.45) is 0 Å². The fourth-order valence-electron chi connectivity index (χ4n) is 4.65. The van der Waals surface area contributed by atoms with Crippen molar-refractivity contribution >= 4 is 11.8 Å². The Bertz CT molecular complexity index is 559. The minimum atomic E-state index is 0.0986. The topological polar surface area (TPSA) is 40.6 Å². The van der Waals surface area contributed by atoms with Crippen molar-refractivity contribution in [3.05, 3.63) is 35.4 Å². The highest BCUT2D eigenvalue weighted by Crippen LogP contribution is 2.26. The van der Waals surface area contributed by atoms with Gasteiger partial charge in [-0.2, -0.15) is 0 Å². The molecular formula is C22H32N2O2. The molecule has 0 heterocycles. The number of hydrogen-bond acceptors (Lipinski definition) is 2. The molecule has 26 heavy (non-hydrogen) atoms. The van der Waals surface area contributed by atoms with Gasteiger partial charge in [0.15, 0.2) is 0 Å². The Kier molecular flexibility index (Phi) is 6.33. The molecule has 0 aliphatic heterocycles. The lowest BCUT2D eigenvalue weighted by Gasteiger charge is -2.28. The van der Waals surface area contributed by atoms with Crippen LogP contribution in [0.2, 0.25) is 0 Å². The highest BCUT2D eigenvalue weighted by molar-refractivity contribution is 5.98. The first kappa shape index (κ1) is 18.9. The standard InChI is InChI=1S/C22H32N2O2/c1-3-23(19-9-5-6-10-19)21(25)17-13-15-18(16-14-17)22(26)24(4-2)20-11-7-8-12-20/h13-16,19-20H,3-12H2,1-2H3. The minimum Gasteiger partial charge on any atom is -0.336 e. The number of nitrogens with zero attached hydrogens (tertiary/aromatic N) is 2. The van der Waals surface area contributed by atoms with Gasteiger partial charge >= 0.3 is 0 Å². The SMILES string of the molecule is CCN(C(=O)c1ccc(C(=O)N(CC)C2CCCC2)cc1)C1CCCC1. The predicted molar refractivity (Wildman–Crippen MR) is 104 cm³/mol. The zero-order valence-electron chi connectivity index (χ0n) is 16.2. The average molecular weight is 357 g/mol. The Morgan fingerprint density at radius 2 is 1.04 bits per heavy atom. The largest absolute Gasteiger partial charge is 0.336 e. The van der Waals surface area contributed by atoms with Crippen molar-refractivity contribution in [3.63, 3.8) is 0 Å². The van der Waals surface area contributed by atoms with Crippen LogP contribution in [-0.2, 0) is 0 Å². The summed E-state index contributed by atoms with van der Waals surface area (Å²) in [5, 5.41) is 0. The summed E-state index contributed by atoms with van der Waals surface area (Å²) in [5.41, 5.74) is 1.39. The summed E-state index contributed by atoms with van der Waals surface area (Å²) in [6.07, 6.45) is 9.33. The molecule has 1 aromatic carbocycles. The third kappa shape index (κ3) is 3.94. The number of carbonyl (C=O) groups is 2. The van der Waals surface area contributed by atoms with E-state index in [9.17, 15) is 9.59 Å². The number of amides is 2. The molecule has 1 aromatic rings. The molecule has 4 heteroatoms. The Morgan fingerprint density at radius 1 is 0.731 bits per heavy atom. The molecule has 142 valence electrons. The molecule has 2 saturated carbocycles. The van der Waals surface area contributed by atoms with Gasteiger partial charge in [-0.3, -0.25) is 9.59 Å². The maximum atomic E-state index is 12.9. The summed E-state index contributed by atoms with van der Waals surface area (Å²) in [6.45, 7) is 5.59. The molecule has 2 aliphatic carbocycles. The molecule has 0 radical (unpaired) electrons. The van der Waals surface area contributed by atoms with Crippen molar-refractivity contribution in [1.82, 2.24) is 9.80 Å². The van der Waals surface area contributed by atoms with E-state index in [0.717, 1.165) is 38.8 Å². The molecule has 2 fully saturated rings. The number of rotatable bonds is 6. The van der Waals surface area contributed by atoms with Crippen molar-refractivity contribution < 1.29 is 9.59 Å². The smallest absolute Gasteiger partial charge is 0.254 e. The maximum Gasteiger partial charge on any atom is 0.254 e. The predicted octanol–water partition coefficient (Wildman–Crippen LogP) is 4.50. The Hall–Kier alpha value is -1.84. The zero-order chi connectivity index (χ0) is 18.5. The third-order valence-electron chi connectivity index (χ3n) is 6.11. The molecule has 2 aliphatic rings. The first-order valence-corrected chi connectivity index (χ1v) is 10.4. The summed E-state index contributed by atoms with van der Waals surface area (Å²) in [6, 6.07) is 8.08. The summed E-state index contributed by atoms with van der Waals surface area (Å²) in [7, 11) is 0. The van der Waals surface area contributed by atoms with Crippen LogP contribution in [-0.4, -0.2) is 46.8 Å². The monoisotopic (exact) mass is 356 g/mol. The van der Waals surface area contributed by atoms with Crippen LogP contribution < -0.4 is 0 Å². The lowest BCUT2D eigenvalue weighted by molar-refractivity contribution is 0.0681. The molecule has 0 atom stereocenters. The van der Waals surface area contributed by atoms with Crippen molar-refractivity contribution in [2.45, 2.75) is 77.3 Å². The minimum absolute atomic E-state index is 0.0986. The lowest BCUT2D eigenvalue weighted by Crippen LogP contribution is -2.39. The number of carbonyl (C=O) groups excluding carboxylic acids is 2. The van der Waals surface area contributed by atoms with Gasteiger partial charge in [0.05, 0.1) is 0 Å². The molecule has 0 bridgehead atoms. The maximum absolute atomic E-state index is 12.9. The summed E-state index contributed by atoms with van der Waals surface area (Å²) in [5.74, 6) is 0.197. The van der Waals surface area contributed by atoms with Crippen molar-refractivity contribution in [2.75, 3.05) is 13.1 Å². The van der Waals surface area contributed by atoms with Gasteiger partial charge in [-0.25, -0.2) is 0 Å². The van der Waals surface area contributed by atoms with E-state index in [0.29, 0.717) is 23.2 Å². The fraction of sp³-hybridized carbons (Fsp3) is 0.636. The Morgan fingerprint density at radius 3 is 1.31 bits per heavy atom. The number of benzene rings is 1. The summed E-state index contributed by atoms with van der Waals surface area (Å²) in [4.78, 5) is 29.7. The van der Waals surface area contributed by atoms with Gasteiger partial charge in [0, 0.05) is 36.3 Å². The first-order valence-electron chi connectivity index (χ1n) is 10.4. The third-order valence-corrected chi connectivity index (χ3v) is 6.11. The van der Waals surface area contributed by atoms with E-state index in [1.165, 1.54) is 25.7 Å². The van der Waals surface area contributed by atoms with Crippen LogP contribution in [0.15, 0.2) is 24.3 Å². The van der Waals surface area contributed by atoms with E-state index in [4.69, 9.17) is 0 Å². The summed E-state index contributed by atoms with van der Waals surface area (Å²) >= 11 is 0. The van der Waals surface area contributed by atoms with Gasteiger partial charge in [0.1, 0.15) is 0 Å². The molecule has 0 saturated heterocycles. The van der Waals surface area contributed by atoms with Crippen LogP contribution in [0.3, 0.4) is 0 Å². The molecule has 0 unspecified atom stereocenters. The molecule has 0 aromatic heterocycles. The van der Waals surface area contributed by atoms with Gasteiger partial charge in [-0.1, -0.05) is 25.7 Å². The van der Waals surface area contributed by atoms with Gasteiger partial charge in [-0.05, 0) is 63.8 Å². The Labute approximate surface area is 157 Å². The van der Waals surface area contributed by atoms with Crippen molar-refractivity contribution in [3.8, 4) is 0 Å². The van der Waals surface area contributed by atoms with Crippen molar-refractivity contribution in [1.29, 1.82) is 0 Å². The molecule has 3 rings (SSSR count). The normalized spacial score (nSPS) is 18.2. The van der Waals surface area contributed by atoms with Crippen LogP contribution in [0.4, 0.5) is 0 Å². The van der Waals surface area contributed by atoms with Crippen LogP contribution in [0.25, 0.3) is 0 Å². The highest BCUT2D eigenvalue weighted by Gasteiger charge is 2.28. The second-order valence-corrected chi connectivity index (χ2v) is 7.64. The van der Waals surface area contributed by atoms with E-state index < -0.39 is 0 Å². The van der Waals surface area contributed by atoms with Crippen LogP contribution in [0.5, 0.6) is 0 Å².